The van der Waals surface area contributed by atoms with E-state index in [1.165, 1.54) is 18.2 Å². The van der Waals surface area contributed by atoms with E-state index >= 15 is 0 Å². The Kier molecular flexibility index (Phi) is 4.42. The van der Waals surface area contributed by atoms with Crippen LogP contribution in [-0.4, -0.2) is 4.92 Å². The average Bonchev–Trinajstić information content (AvgIpc) is 2.42. The van der Waals surface area contributed by atoms with Gasteiger partial charge < -0.3 is 4.74 Å². The molecule has 0 unspecified atom stereocenters. The van der Waals surface area contributed by atoms with Crippen LogP contribution in [0.2, 0.25) is 0 Å². The fourth-order valence-electron chi connectivity index (χ4n) is 1.83. The first-order valence-corrected chi connectivity index (χ1v) is 6.12. The van der Waals surface area contributed by atoms with Gasteiger partial charge in [-0.2, -0.15) is 0 Å². The van der Waals surface area contributed by atoms with E-state index in [4.69, 9.17) is 4.74 Å². The van der Waals surface area contributed by atoms with Gasteiger partial charge in [0.2, 0.25) is 0 Å². The first-order valence-electron chi connectivity index (χ1n) is 6.12. The lowest BCUT2D eigenvalue weighted by atomic mass is 10.1. The number of benzene rings is 2. The van der Waals surface area contributed by atoms with Crippen molar-refractivity contribution in [1.29, 1.82) is 0 Å². The van der Waals surface area contributed by atoms with Crippen LogP contribution in [0.15, 0.2) is 42.5 Å². The van der Waals surface area contributed by atoms with Crippen molar-refractivity contribution in [2.75, 3.05) is 0 Å². The Morgan fingerprint density at radius 2 is 1.85 bits per heavy atom. The van der Waals surface area contributed by atoms with Crippen LogP contribution in [0.5, 0.6) is 0 Å². The molecule has 0 saturated heterocycles. The normalized spacial score (nSPS) is 10.5. The molecule has 0 amide bonds. The van der Waals surface area contributed by atoms with Crippen molar-refractivity contribution in [3.63, 3.8) is 0 Å². The van der Waals surface area contributed by atoms with Gasteiger partial charge in [0.05, 0.1) is 23.7 Å². The molecule has 0 aromatic heterocycles. The van der Waals surface area contributed by atoms with Crippen LogP contribution in [-0.2, 0) is 18.0 Å². The molecule has 4 nitrogen and oxygen atoms in total. The van der Waals surface area contributed by atoms with Gasteiger partial charge in [0.1, 0.15) is 5.82 Å². The summed E-state index contributed by atoms with van der Waals surface area (Å²) in [6.07, 6.45) is 0. The lowest BCUT2D eigenvalue weighted by Crippen LogP contribution is -1.99. The van der Waals surface area contributed by atoms with E-state index in [-0.39, 0.29) is 24.7 Å². The van der Waals surface area contributed by atoms with Gasteiger partial charge in [-0.05, 0) is 36.2 Å². The third kappa shape index (κ3) is 3.61. The number of halogens is 1. The van der Waals surface area contributed by atoms with E-state index in [1.807, 2.05) is 6.07 Å². The highest BCUT2D eigenvalue weighted by Crippen LogP contribution is 2.21. The van der Waals surface area contributed by atoms with E-state index in [9.17, 15) is 14.5 Å². The van der Waals surface area contributed by atoms with Crippen LogP contribution in [0.1, 0.15) is 16.7 Å². The molecule has 0 radical (unpaired) electrons. The van der Waals surface area contributed by atoms with Crippen LogP contribution in [0, 0.1) is 22.9 Å². The fraction of sp³-hybridized carbons (Fsp3) is 0.200. The summed E-state index contributed by atoms with van der Waals surface area (Å²) in [5, 5.41) is 11.0. The van der Waals surface area contributed by atoms with Gasteiger partial charge in [-0.3, -0.25) is 10.1 Å². The van der Waals surface area contributed by atoms with Gasteiger partial charge in [-0.15, -0.1) is 0 Å². The maximum atomic E-state index is 12.7. The number of aryl methyl sites for hydroxylation is 1. The number of hydrogen-bond acceptors (Lipinski definition) is 3. The lowest BCUT2D eigenvalue weighted by Gasteiger charge is -2.06. The predicted octanol–water partition coefficient (Wildman–Crippen LogP) is 3.76. The molecular weight excluding hydrogens is 261 g/mol. The molecule has 0 fully saturated rings. The highest BCUT2D eigenvalue weighted by Gasteiger charge is 2.13. The predicted molar refractivity (Wildman–Crippen MR) is 72.7 cm³/mol. The second-order valence-corrected chi connectivity index (χ2v) is 4.51. The first kappa shape index (κ1) is 14.1. The van der Waals surface area contributed by atoms with Crippen LogP contribution in [0.3, 0.4) is 0 Å². The van der Waals surface area contributed by atoms with E-state index in [2.05, 4.69) is 0 Å². The molecule has 0 bridgehead atoms. The molecule has 0 N–H and O–H groups in total. The minimum Gasteiger partial charge on any atom is -0.372 e. The molecule has 0 spiro atoms. The zero-order chi connectivity index (χ0) is 14.5. The van der Waals surface area contributed by atoms with Crippen molar-refractivity contribution in [2.24, 2.45) is 0 Å². The minimum atomic E-state index is -0.413. The summed E-state index contributed by atoms with van der Waals surface area (Å²) < 4.78 is 18.2. The Morgan fingerprint density at radius 3 is 2.50 bits per heavy atom. The summed E-state index contributed by atoms with van der Waals surface area (Å²) in [6.45, 7) is 2.23. The maximum Gasteiger partial charge on any atom is 0.275 e. The topological polar surface area (TPSA) is 52.4 Å². The van der Waals surface area contributed by atoms with Crippen LogP contribution in [0.25, 0.3) is 0 Å². The SMILES string of the molecule is Cc1ccc(COCc2ccc(F)cc2)c([N+](=O)[O-])c1. The van der Waals surface area contributed by atoms with Crippen molar-refractivity contribution in [2.45, 2.75) is 20.1 Å². The zero-order valence-electron chi connectivity index (χ0n) is 11.0. The Hall–Kier alpha value is -2.27. The number of nitro groups is 1. The first-order chi connectivity index (χ1) is 9.56. The Labute approximate surface area is 116 Å². The van der Waals surface area contributed by atoms with E-state index in [0.717, 1.165) is 11.1 Å². The van der Waals surface area contributed by atoms with Crippen LogP contribution < -0.4 is 0 Å². The molecule has 2 rings (SSSR count). The van der Waals surface area contributed by atoms with Crippen LogP contribution in [0.4, 0.5) is 10.1 Å². The Balaban J connectivity index is 2.00. The molecule has 0 aliphatic heterocycles. The van der Waals surface area contributed by atoms with E-state index < -0.39 is 4.92 Å². The monoisotopic (exact) mass is 275 g/mol. The summed E-state index contributed by atoms with van der Waals surface area (Å²) in [4.78, 5) is 10.5. The summed E-state index contributed by atoms with van der Waals surface area (Å²) in [5.74, 6) is -0.303. The molecule has 104 valence electrons. The van der Waals surface area contributed by atoms with Crippen LogP contribution >= 0.6 is 0 Å². The summed E-state index contributed by atoms with van der Waals surface area (Å²) in [6, 6.07) is 11.0. The summed E-state index contributed by atoms with van der Waals surface area (Å²) in [7, 11) is 0. The highest BCUT2D eigenvalue weighted by molar-refractivity contribution is 5.42. The molecule has 2 aromatic carbocycles. The van der Waals surface area contributed by atoms with Gasteiger partial charge in [-0.1, -0.05) is 18.2 Å². The van der Waals surface area contributed by atoms with Gasteiger partial charge >= 0.3 is 0 Å². The number of nitrogens with zero attached hydrogens (tertiary/aromatic N) is 1. The van der Waals surface area contributed by atoms with Gasteiger partial charge in [-0.25, -0.2) is 4.39 Å². The highest BCUT2D eigenvalue weighted by atomic mass is 19.1. The molecule has 0 atom stereocenters. The molecule has 0 saturated carbocycles. The third-order valence-corrected chi connectivity index (χ3v) is 2.88. The Bertz CT molecular complexity index is 611. The number of nitro benzene ring substituents is 1. The molecule has 2 aromatic rings. The number of rotatable bonds is 5. The standard InChI is InChI=1S/C15H14FNO3/c1-11-2-5-13(15(8-11)17(18)19)10-20-9-12-3-6-14(16)7-4-12/h2-8H,9-10H2,1H3. The largest absolute Gasteiger partial charge is 0.372 e. The quantitative estimate of drug-likeness (QED) is 0.616. The van der Waals surface area contributed by atoms with Crippen molar-refractivity contribution < 1.29 is 14.1 Å². The molecule has 0 aliphatic carbocycles. The fourth-order valence-corrected chi connectivity index (χ4v) is 1.83. The number of ether oxygens (including phenoxy) is 1. The van der Waals surface area contributed by atoms with Crippen molar-refractivity contribution in [1.82, 2.24) is 0 Å². The molecule has 20 heavy (non-hydrogen) atoms. The molecular formula is C15H14FNO3. The van der Waals surface area contributed by atoms with Gasteiger partial charge in [0.15, 0.2) is 0 Å². The molecule has 5 heteroatoms. The second-order valence-electron chi connectivity index (χ2n) is 4.51. The molecule has 0 aliphatic rings. The molecule has 0 heterocycles. The van der Waals surface area contributed by atoms with Crippen molar-refractivity contribution in [3.05, 3.63) is 75.1 Å². The number of hydrogen-bond donors (Lipinski definition) is 0. The third-order valence-electron chi connectivity index (χ3n) is 2.88. The Morgan fingerprint density at radius 1 is 1.15 bits per heavy atom. The maximum absolute atomic E-state index is 12.7. The summed E-state index contributed by atoms with van der Waals surface area (Å²) >= 11 is 0. The minimum absolute atomic E-state index is 0.0594. The van der Waals surface area contributed by atoms with Crippen molar-refractivity contribution in [3.8, 4) is 0 Å². The van der Waals surface area contributed by atoms with Gasteiger partial charge in [0, 0.05) is 6.07 Å². The summed E-state index contributed by atoms with van der Waals surface area (Å²) in [5.41, 5.74) is 2.24. The second kappa shape index (κ2) is 6.25. The average molecular weight is 275 g/mol. The van der Waals surface area contributed by atoms with Crippen molar-refractivity contribution >= 4 is 5.69 Å². The van der Waals surface area contributed by atoms with E-state index in [1.54, 1.807) is 25.1 Å². The van der Waals surface area contributed by atoms with E-state index in [0.29, 0.717) is 5.56 Å². The smallest absolute Gasteiger partial charge is 0.275 e. The lowest BCUT2D eigenvalue weighted by molar-refractivity contribution is -0.386. The van der Waals surface area contributed by atoms with Gasteiger partial charge in [0.25, 0.3) is 5.69 Å². The zero-order valence-corrected chi connectivity index (χ0v) is 11.0.